The van der Waals surface area contributed by atoms with E-state index in [2.05, 4.69) is 0 Å². The Bertz CT molecular complexity index is 501. The highest BCUT2D eigenvalue weighted by atomic mass is 16.5. The molecule has 2 rings (SSSR count). The number of ether oxygens (including phenoxy) is 2. The molecule has 98 valence electrons. The summed E-state index contributed by atoms with van der Waals surface area (Å²) in [4.78, 5) is 11.4. The van der Waals surface area contributed by atoms with Crippen molar-refractivity contribution in [3.8, 4) is 11.5 Å². The Hall–Kier alpha value is -1.71. The molecule has 0 aromatic heterocycles. The molecule has 0 radical (unpaired) electrons. The predicted octanol–water partition coefficient (Wildman–Crippen LogP) is 2.44. The van der Waals surface area contributed by atoms with Gasteiger partial charge in [0.2, 0.25) is 0 Å². The highest BCUT2D eigenvalue weighted by Gasteiger charge is 2.53. The predicted molar refractivity (Wildman–Crippen MR) is 67.6 cm³/mol. The fourth-order valence-corrected chi connectivity index (χ4v) is 2.58. The van der Waals surface area contributed by atoms with E-state index in [0.717, 1.165) is 16.7 Å². The van der Waals surface area contributed by atoms with Gasteiger partial charge >= 0.3 is 5.97 Å². The standard InChI is InChI=1S/C14H18O4/c1-8-7-10(14(5-6-14)13(15)16)9(2)12(18-4)11(8)17-3/h7H,5-6H2,1-4H3,(H,15,16). The fraction of sp³-hybridized carbons (Fsp3) is 0.500. The maximum atomic E-state index is 11.4. The van der Waals surface area contributed by atoms with E-state index in [1.165, 1.54) is 0 Å². The van der Waals surface area contributed by atoms with Gasteiger partial charge in [-0.3, -0.25) is 4.79 Å². The molecular formula is C14H18O4. The monoisotopic (exact) mass is 250 g/mol. The number of rotatable bonds is 4. The lowest BCUT2D eigenvalue weighted by atomic mass is 9.89. The fourth-order valence-electron chi connectivity index (χ4n) is 2.58. The Morgan fingerprint density at radius 2 is 1.78 bits per heavy atom. The van der Waals surface area contributed by atoms with Crippen LogP contribution in [0.25, 0.3) is 0 Å². The minimum atomic E-state index is -0.753. The molecule has 0 atom stereocenters. The quantitative estimate of drug-likeness (QED) is 0.891. The third-order valence-corrected chi connectivity index (χ3v) is 3.75. The van der Waals surface area contributed by atoms with Crippen molar-refractivity contribution in [2.75, 3.05) is 14.2 Å². The second-order valence-electron chi connectivity index (χ2n) is 4.82. The first-order valence-corrected chi connectivity index (χ1v) is 5.94. The largest absolute Gasteiger partial charge is 0.493 e. The van der Waals surface area contributed by atoms with Crippen LogP contribution >= 0.6 is 0 Å². The van der Waals surface area contributed by atoms with Crippen molar-refractivity contribution < 1.29 is 19.4 Å². The number of benzene rings is 1. The maximum absolute atomic E-state index is 11.4. The first-order valence-electron chi connectivity index (χ1n) is 5.94. The van der Waals surface area contributed by atoms with Gasteiger partial charge in [0.05, 0.1) is 19.6 Å². The summed E-state index contributed by atoms with van der Waals surface area (Å²) in [6.45, 7) is 3.79. The van der Waals surface area contributed by atoms with Gasteiger partial charge in [-0.15, -0.1) is 0 Å². The molecule has 18 heavy (non-hydrogen) atoms. The normalized spacial score (nSPS) is 16.2. The highest BCUT2D eigenvalue weighted by Crippen LogP contribution is 2.52. The van der Waals surface area contributed by atoms with E-state index in [9.17, 15) is 9.90 Å². The second kappa shape index (κ2) is 4.19. The first kappa shape index (κ1) is 12.7. The number of carboxylic acids is 1. The zero-order valence-corrected chi connectivity index (χ0v) is 11.2. The summed E-state index contributed by atoms with van der Waals surface area (Å²) >= 11 is 0. The van der Waals surface area contributed by atoms with Crippen LogP contribution in [-0.2, 0) is 10.2 Å². The highest BCUT2D eigenvalue weighted by molar-refractivity contribution is 5.86. The van der Waals surface area contributed by atoms with Gasteiger partial charge < -0.3 is 14.6 Å². The van der Waals surface area contributed by atoms with E-state index in [1.54, 1.807) is 14.2 Å². The first-order chi connectivity index (χ1) is 8.47. The van der Waals surface area contributed by atoms with Gasteiger partial charge in [-0.25, -0.2) is 0 Å². The number of hydrogen-bond donors (Lipinski definition) is 1. The molecule has 1 aliphatic rings. The van der Waals surface area contributed by atoms with Crippen LogP contribution in [0.15, 0.2) is 6.07 Å². The van der Waals surface area contributed by atoms with Gasteiger partial charge in [0.15, 0.2) is 11.5 Å². The molecule has 4 heteroatoms. The molecule has 0 saturated heterocycles. The van der Waals surface area contributed by atoms with Gasteiger partial charge in [0, 0.05) is 0 Å². The number of carboxylic acid groups (broad SMARTS) is 1. The number of methoxy groups -OCH3 is 2. The molecule has 1 N–H and O–H groups in total. The second-order valence-corrected chi connectivity index (χ2v) is 4.82. The third kappa shape index (κ3) is 1.64. The molecule has 1 aromatic carbocycles. The molecule has 1 aliphatic carbocycles. The van der Waals surface area contributed by atoms with Crippen LogP contribution in [0.3, 0.4) is 0 Å². The zero-order chi connectivity index (χ0) is 13.5. The summed E-state index contributed by atoms with van der Waals surface area (Å²) in [5.74, 6) is 0.567. The Morgan fingerprint density at radius 1 is 1.22 bits per heavy atom. The van der Waals surface area contributed by atoms with Crippen LogP contribution in [-0.4, -0.2) is 25.3 Å². The number of carbonyl (C=O) groups is 1. The van der Waals surface area contributed by atoms with Gasteiger partial charge in [-0.2, -0.15) is 0 Å². The molecule has 0 unspecified atom stereocenters. The van der Waals surface area contributed by atoms with Crippen LogP contribution < -0.4 is 9.47 Å². The Balaban J connectivity index is 2.64. The molecule has 0 aliphatic heterocycles. The van der Waals surface area contributed by atoms with E-state index in [0.29, 0.717) is 24.3 Å². The van der Waals surface area contributed by atoms with E-state index < -0.39 is 11.4 Å². The molecular weight excluding hydrogens is 232 g/mol. The van der Waals surface area contributed by atoms with Crippen molar-refractivity contribution in [1.29, 1.82) is 0 Å². The Morgan fingerprint density at radius 3 is 2.17 bits per heavy atom. The van der Waals surface area contributed by atoms with Gasteiger partial charge in [0.25, 0.3) is 0 Å². The van der Waals surface area contributed by atoms with E-state index >= 15 is 0 Å². The molecule has 0 amide bonds. The van der Waals surface area contributed by atoms with Crippen LogP contribution in [0.2, 0.25) is 0 Å². The summed E-state index contributed by atoms with van der Waals surface area (Å²) in [7, 11) is 3.17. The minimum Gasteiger partial charge on any atom is -0.493 e. The van der Waals surface area contributed by atoms with Crippen LogP contribution in [0.4, 0.5) is 0 Å². The van der Waals surface area contributed by atoms with E-state index in [4.69, 9.17) is 9.47 Å². The smallest absolute Gasteiger partial charge is 0.314 e. The van der Waals surface area contributed by atoms with E-state index in [1.807, 2.05) is 19.9 Å². The van der Waals surface area contributed by atoms with Gasteiger partial charge in [-0.05, 0) is 43.4 Å². The Labute approximate surface area is 107 Å². The summed E-state index contributed by atoms with van der Waals surface area (Å²) in [6, 6.07) is 1.91. The lowest BCUT2D eigenvalue weighted by molar-refractivity contribution is -0.140. The number of aryl methyl sites for hydroxylation is 1. The van der Waals surface area contributed by atoms with Crippen molar-refractivity contribution in [3.05, 3.63) is 22.8 Å². The average molecular weight is 250 g/mol. The molecule has 1 saturated carbocycles. The third-order valence-electron chi connectivity index (χ3n) is 3.75. The van der Waals surface area contributed by atoms with Crippen LogP contribution in [0, 0.1) is 13.8 Å². The molecule has 0 bridgehead atoms. The van der Waals surface area contributed by atoms with Crippen molar-refractivity contribution >= 4 is 5.97 Å². The summed E-state index contributed by atoms with van der Waals surface area (Å²) in [5.41, 5.74) is 1.90. The van der Waals surface area contributed by atoms with Crippen molar-refractivity contribution in [1.82, 2.24) is 0 Å². The molecule has 1 fully saturated rings. The summed E-state index contributed by atoms with van der Waals surface area (Å²) in [6.07, 6.45) is 1.39. The maximum Gasteiger partial charge on any atom is 0.314 e. The SMILES string of the molecule is COc1c(C)cc(C2(C(=O)O)CC2)c(C)c1OC. The topological polar surface area (TPSA) is 55.8 Å². The van der Waals surface area contributed by atoms with Crippen molar-refractivity contribution in [3.63, 3.8) is 0 Å². The van der Waals surface area contributed by atoms with Gasteiger partial charge in [-0.1, -0.05) is 6.07 Å². The van der Waals surface area contributed by atoms with Crippen LogP contribution in [0.5, 0.6) is 11.5 Å². The summed E-state index contributed by atoms with van der Waals surface area (Å²) in [5, 5.41) is 9.39. The molecule has 4 nitrogen and oxygen atoms in total. The van der Waals surface area contributed by atoms with Crippen molar-refractivity contribution in [2.45, 2.75) is 32.1 Å². The molecule has 1 aromatic rings. The molecule has 0 heterocycles. The van der Waals surface area contributed by atoms with E-state index in [-0.39, 0.29) is 0 Å². The average Bonchev–Trinajstić information content (AvgIpc) is 3.12. The number of hydrogen-bond acceptors (Lipinski definition) is 3. The Kier molecular flexibility index (Phi) is 2.97. The minimum absolute atomic E-state index is 0.639. The number of aliphatic carboxylic acids is 1. The lowest BCUT2D eigenvalue weighted by Crippen LogP contribution is -2.21. The summed E-state index contributed by atoms with van der Waals surface area (Å²) < 4.78 is 10.7. The van der Waals surface area contributed by atoms with Gasteiger partial charge in [0.1, 0.15) is 0 Å². The van der Waals surface area contributed by atoms with Crippen molar-refractivity contribution in [2.24, 2.45) is 0 Å². The van der Waals surface area contributed by atoms with Crippen LogP contribution in [0.1, 0.15) is 29.5 Å². The molecule has 0 spiro atoms. The lowest BCUT2D eigenvalue weighted by Gasteiger charge is -2.20. The zero-order valence-electron chi connectivity index (χ0n) is 11.2.